The molecule has 1 aliphatic carbocycles. The van der Waals surface area contributed by atoms with Crippen LogP contribution in [0.2, 0.25) is 0 Å². The first kappa shape index (κ1) is 12.2. The SMILES string of the molecule is COc1ccc([C@H]2C[C@]2(CN)CO)c(OC)c1. The highest BCUT2D eigenvalue weighted by Gasteiger charge is 2.54. The molecule has 4 nitrogen and oxygen atoms in total. The Bertz CT molecular complexity index is 402. The lowest BCUT2D eigenvalue weighted by atomic mass is 9.99. The van der Waals surface area contributed by atoms with Crippen LogP contribution in [0.15, 0.2) is 18.2 Å². The Hall–Kier alpha value is -1.26. The largest absolute Gasteiger partial charge is 0.497 e. The zero-order valence-electron chi connectivity index (χ0n) is 10.3. The summed E-state index contributed by atoms with van der Waals surface area (Å²) in [7, 11) is 3.27. The highest BCUT2D eigenvalue weighted by Crippen LogP contribution is 2.60. The van der Waals surface area contributed by atoms with Crippen LogP contribution in [0.5, 0.6) is 11.5 Å². The predicted octanol–water partition coefficient (Wildman–Crippen LogP) is 1.13. The molecule has 17 heavy (non-hydrogen) atoms. The van der Waals surface area contributed by atoms with Crippen LogP contribution in [0.25, 0.3) is 0 Å². The molecule has 1 aliphatic rings. The van der Waals surface area contributed by atoms with Crippen LogP contribution in [0.3, 0.4) is 0 Å². The van der Waals surface area contributed by atoms with Crippen molar-refractivity contribution in [3.05, 3.63) is 23.8 Å². The van der Waals surface area contributed by atoms with E-state index in [1.165, 1.54) is 0 Å². The van der Waals surface area contributed by atoms with E-state index in [-0.39, 0.29) is 12.0 Å². The first-order chi connectivity index (χ1) is 8.20. The van der Waals surface area contributed by atoms with E-state index in [2.05, 4.69) is 0 Å². The minimum atomic E-state index is -0.151. The molecule has 2 atom stereocenters. The van der Waals surface area contributed by atoms with Crippen molar-refractivity contribution in [2.75, 3.05) is 27.4 Å². The number of aliphatic hydroxyl groups is 1. The van der Waals surface area contributed by atoms with E-state index in [0.29, 0.717) is 12.5 Å². The van der Waals surface area contributed by atoms with E-state index in [0.717, 1.165) is 23.5 Å². The van der Waals surface area contributed by atoms with Gasteiger partial charge in [-0.15, -0.1) is 0 Å². The molecule has 1 saturated carbocycles. The van der Waals surface area contributed by atoms with Crippen molar-refractivity contribution in [3.8, 4) is 11.5 Å². The van der Waals surface area contributed by atoms with Gasteiger partial charge in [0.15, 0.2) is 0 Å². The Morgan fingerprint density at radius 1 is 1.41 bits per heavy atom. The minimum absolute atomic E-state index is 0.128. The summed E-state index contributed by atoms with van der Waals surface area (Å²) in [6.07, 6.45) is 0.919. The third kappa shape index (κ3) is 1.98. The lowest BCUT2D eigenvalue weighted by molar-refractivity contribution is 0.211. The fourth-order valence-corrected chi connectivity index (χ4v) is 2.36. The summed E-state index contributed by atoms with van der Waals surface area (Å²) in [6, 6.07) is 5.77. The number of hydrogen-bond acceptors (Lipinski definition) is 4. The Balaban J connectivity index is 2.28. The van der Waals surface area contributed by atoms with Crippen LogP contribution >= 0.6 is 0 Å². The van der Waals surface area contributed by atoms with Crippen LogP contribution in [0.4, 0.5) is 0 Å². The number of aliphatic hydroxyl groups excluding tert-OH is 1. The normalized spacial score (nSPS) is 26.7. The summed E-state index contributed by atoms with van der Waals surface area (Å²) < 4.78 is 10.5. The van der Waals surface area contributed by atoms with Gasteiger partial charge in [-0.05, 0) is 24.0 Å². The van der Waals surface area contributed by atoms with E-state index in [4.69, 9.17) is 15.2 Å². The van der Waals surface area contributed by atoms with Gasteiger partial charge in [-0.3, -0.25) is 0 Å². The van der Waals surface area contributed by atoms with Crippen molar-refractivity contribution in [1.82, 2.24) is 0 Å². The fourth-order valence-electron chi connectivity index (χ4n) is 2.36. The maximum Gasteiger partial charge on any atom is 0.126 e. The molecule has 0 aliphatic heterocycles. The van der Waals surface area contributed by atoms with Gasteiger partial charge in [0.25, 0.3) is 0 Å². The van der Waals surface area contributed by atoms with Crippen molar-refractivity contribution in [1.29, 1.82) is 0 Å². The molecule has 94 valence electrons. The van der Waals surface area contributed by atoms with Gasteiger partial charge in [-0.25, -0.2) is 0 Å². The Morgan fingerprint density at radius 3 is 2.65 bits per heavy atom. The van der Waals surface area contributed by atoms with Crippen molar-refractivity contribution < 1.29 is 14.6 Å². The quantitative estimate of drug-likeness (QED) is 0.805. The van der Waals surface area contributed by atoms with E-state index < -0.39 is 0 Å². The summed E-state index contributed by atoms with van der Waals surface area (Å²) in [5.41, 5.74) is 6.68. The molecule has 0 bridgehead atoms. The lowest BCUT2D eigenvalue weighted by Gasteiger charge is -2.14. The average molecular weight is 237 g/mol. The summed E-state index contributed by atoms with van der Waals surface area (Å²) in [4.78, 5) is 0. The first-order valence-corrected chi connectivity index (χ1v) is 5.73. The highest BCUT2D eigenvalue weighted by atomic mass is 16.5. The molecule has 0 aromatic heterocycles. The maximum atomic E-state index is 9.41. The van der Waals surface area contributed by atoms with Gasteiger partial charge in [0.05, 0.1) is 20.8 Å². The number of hydrogen-bond donors (Lipinski definition) is 2. The van der Waals surface area contributed by atoms with Crippen LogP contribution in [0, 0.1) is 5.41 Å². The number of benzene rings is 1. The summed E-state index contributed by atoms with van der Waals surface area (Å²) in [6.45, 7) is 0.632. The zero-order chi connectivity index (χ0) is 12.5. The molecule has 0 unspecified atom stereocenters. The molecule has 1 aromatic rings. The van der Waals surface area contributed by atoms with Crippen molar-refractivity contribution >= 4 is 0 Å². The Kier molecular flexibility index (Phi) is 3.26. The number of nitrogens with two attached hydrogens (primary N) is 1. The highest BCUT2D eigenvalue weighted by molar-refractivity contribution is 5.46. The Morgan fingerprint density at radius 2 is 2.18 bits per heavy atom. The van der Waals surface area contributed by atoms with Gasteiger partial charge in [0, 0.05) is 18.0 Å². The molecule has 0 saturated heterocycles. The molecule has 1 aromatic carbocycles. The van der Waals surface area contributed by atoms with E-state index in [1.807, 2.05) is 18.2 Å². The topological polar surface area (TPSA) is 64.7 Å². The minimum Gasteiger partial charge on any atom is -0.497 e. The van der Waals surface area contributed by atoms with Crippen molar-refractivity contribution in [2.24, 2.45) is 11.1 Å². The van der Waals surface area contributed by atoms with E-state index in [9.17, 15) is 5.11 Å². The summed E-state index contributed by atoms with van der Waals surface area (Å²) in [5.74, 6) is 1.87. The predicted molar refractivity (Wildman–Crippen MR) is 65.5 cm³/mol. The molecule has 0 amide bonds. The third-order valence-corrected chi connectivity index (χ3v) is 3.73. The van der Waals surface area contributed by atoms with Gasteiger partial charge >= 0.3 is 0 Å². The Labute approximate surface area is 101 Å². The number of methoxy groups -OCH3 is 2. The molecular formula is C13H19NO3. The van der Waals surface area contributed by atoms with Gasteiger partial charge < -0.3 is 20.3 Å². The molecule has 4 heteroatoms. The lowest BCUT2D eigenvalue weighted by Crippen LogP contribution is -2.21. The summed E-state index contributed by atoms with van der Waals surface area (Å²) >= 11 is 0. The van der Waals surface area contributed by atoms with Crippen LogP contribution < -0.4 is 15.2 Å². The van der Waals surface area contributed by atoms with Crippen molar-refractivity contribution in [2.45, 2.75) is 12.3 Å². The maximum absolute atomic E-state index is 9.41. The average Bonchev–Trinajstić information content (AvgIpc) is 3.13. The van der Waals surface area contributed by atoms with Gasteiger partial charge in [0.1, 0.15) is 11.5 Å². The molecule has 2 rings (SSSR count). The third-order valence-electron chi connectivity index (χ3n) is 3.73. The van der Waals surface area contributed by atoms with Crippen LogP contribution in [0.1, 0.15) is 17.9 Å². The molecule has 1 fully saturated rings. The van der Waals surface area contributed by atoms with E-state index >= 15 is 0 Å². The number of ether oxygens (including phenoxy) is 2. The number of rotatable bonds is 5. The fraction of sp³-hybridized carbons (Fsp3) is 0.538. The summed E-state index contributed by atoms with van der Waals surface area (Å²) in [5, 5.41) is 9.41. The van der Waals surface area contributed by atoms with E-state index in [1.54, 1.807) is 14.2 Å². The van der Waals surface area contributed by atoms with Gasteiger partial charge in [-0.1, -0.05) is 6.07 Å². The van der Waals surface area contributed by atoms with Crippen LogP contribution in [-0.4, -0.2) is 32.5 Å². The molecule has 0 heterocycles. The second kappa shape index (κ2) is 4.55. The van der Waals surface area contributed by atoms with Gasteiger partial charge in [0.2, 0.25) is 0 Å². The first-order valence-electron chi connectivity index (χ1n) is 5.73. The second-order valence-electron chi connectivity index (χ2n) is 4.59. The molecule has 0 spiro atoms. The standard InChI is InChI=1S/C13H19NO3/c1-16-9-3-4-10(12(5-9)17-2)11-6-13(11,7-14)8-15/h3-5,11,15H,6-8,14H2,1-2H3/t11-,13+/m1/s1. The molecule has 0 radical (unpaired) electrons. The second-order valence-corrected chi connectivity index (χ2v) is 4.59. The monoisotopic (exact) mass is 237 g/mol. The molecule has 3 N–H and O–H groups in total. The van der Waals surface area contributed by atoms with Crippen molar-refractivity contribution in [3.63, 3.8) is 0 Å². The van der Waals surface area contributed by atoms with Gasteiger partial charge in [-0.2, -0.15) is 0 Å². The smallest absolute Gasteiger partial charge is 0.126 e. The zero-order valence-corrected chi connectivity index (χ0v) is 10.3. The van der Waals surface area contributed by atoms with Crippen LogP contribution in [-0.2, 0) is 0 Å². The molecular weight excluding hydrogens is 218 g/mol.